The second-order valence-corrected chi connectivity index (χ2v) is 6.62. The number of halogens is 1. The Hall–Kier alpha value is -2.26. The van der Waals surface area contributed by atoms with Gasteiger partial charge in [0.25, 0.3) is 0 Å². The van der Waals surface area contributed by atoms with Gasteiger partial charge in [-0.25, -0.2) is 0 Å². The number of rotatable bonds is 2. The molecule has 2 nitrogen and oxygen atoms in total. The van der Waals surface area contributed by atoms with Crippen molar-refractivity contribution in [2.24, 2.45) is 0 Å². The van der Waals surface area contributed by atoms with Crippen LogP contribution in [0.1, 0.15) is 11.1 Å². The van der Waals surface area contributed by atoms with Crippen LogP contribution in [0.5, 0.6) is 5.75 Å². The van der Waals surface area contributed by atoms with Crippen molar-refractivity contribution in [3.8, 4) is 5.75 Å². The number of fused-ring (bicyclic) bond motifs is 3. The number of benzene rings is 3. The largest absolute Gasteiger partial charge is 0.466 e. The highest BCUT2D eigenvalue weighted by atomic mass is 79.9. The van der Waals surface area contributed by atoms with E-state index in [-0.39, 0.29) is 6.23 Å². The van der Waals surface area contributed by atoms with Crippen molar-refractivity contribution in [1.82, 2.24) is 0 Å². The molecule has 1 aliphatic rings. The molecule has 1 atom stereocenters. The highest BCUT2D eigenvalue weighted by Gasteiger charge is 2.18. The Labute approximate surface area is 143 Å². The van der Waals surface area contributed by atoms with Gasteiger partial charge in [-0.05, 0) is 60.4 Å². The summed E-state index contributed by atoms with van der Waals surface area (Å²) < 4.78 is 7.29. The zero-order chi connectivity index (χ0) is 15.8. The van der Waals surface area contributed by atoms with Gasteiger partial charge >= 0.3 is 0 Å². The van der Waals surface area contributed by atoms with Crippen molar-refractivity contribution in [1.29, 1.82) is 0 Å². The molecular formula is C20H16BrNO. The van der Waals surface area contributed by atoms with Gasteiger partial charge in [0, 0.05) is 21.1 Å². The van der Waals surface area contributed by atoms with Crippen molar-refractivity contribution in [3.63, 3.8) is 0 Å². The normalized spacial score (nSPS) is 16.0. The summed E-state index contributed by atoms with van der Waals surface area (Å²) in [4.78, 5) is 0. The molecule has 3 heteroatoms. The predicted molar refractivity (Wildman–Crippen MR) is 99.9 cm³/mol. The first-order valence-electron chi connectivity index (χ1n) is 7.60. The molecule has 3 aromatic rings. The lowest BCUT2D eigenvalue weighted by Gasteiger charge is -2.25. The number of hydrogen-bond donors (Lipinski definition) is 1. The molecule has 0 saturated carbocycles. The van der Waals surface area contributed by atoms with E-state index in [2.05, 4.69) is 70.7 Å². The van der Waals surface area contributed by atoms with Gasteiger partial charge in [-0.3, -0.25) is 0 Å². The molecule has 1 aliphatic heterocycles. The van der Waals surface area contributed by atoms with E-state index >= 15 is 0 Å². The van der Waals surface area contributed by atoms with Crippen molar-refractivity contribution in [2.45, 2.75) is 13.2 Å². The third-order valence-corrected chi connectivity index (χ3v) is 4.61. The van der Waals surface area contributed by atoms with Crippen LogP contribution in [0, 0.1) is 6.92 Å². The number of hydrogen-bond acceptors (Lipinski definition) is 2. The van der Waals surface area contributed by atoms with Gasteiger partial charge in [0.1, 0.15) is 5.75 Å². The molecule has 114 valence electrons. The first-order valence-corrected chi connectivity index (χ1v) is 8.39. The van der Waals surface area contributed by atoms with E-state index in [1.54, 1.807) is 0 Å². The molecule has 0 saturated heterocycles. The molecule has 3 aromatic carbocycles. The SMILES string of the molecule is Cc1cc2c(c3ccccc13)OC(Nc1ccc(Br)cc1)C=C2. The van der Waals surface area contributed by atoms with Crippen molar-refractivity contribution in [3.05, 3.63) is 76.3 Å². The summed E-state index contributed by atoms with van der Waals surface area (Å²) in [7, 11) is 0. The van der Waals surface area contributed by atoms with Crippen molar-refractivity contribution in [2.75, 3.05) is 5.32 Å². The fourth-order valence-electron chi connectivity index (χ4n) is 2.96. The van der Waals surface area contributed by atoms with Crippen LogP contribution < -0.4 is 10.1 Å². The van der Waals surface area contributed by atoms with E-state index in [0.717, 1.165) is 26.9 Å². The average molecular weight is 366 g/mol. The van der Waals surface area contributed by atoms with Gasteiger partial charge in [-0.15, -0.1) is 0 Å². The maximum Gasteiger partial charge on any atom is 0.189 e. The Balaban J connectivity index is 1.69. The minimum atomic E-state index is -0.171. The number of anilines is 1. The van der Waals surface area contributed by atoms with E-state index < -0.39 is 0 Å². The molecule has 0 fully saturated rings. The third kappa shape index (κ3) is 2.73. The van der Waals surface area contributed by atoms with Gasteiger partial charge in [-0.2, -0.15) is 0 Å². The zero-order valence-electron chi connectivity index (χ0n) is 12.7. The van der Waals surface area contributed by atoms with Crippen LogP contribution in [0.15, 0.2) is 65.1 Å². The Morgan fingerprint density at radius 1 is 1.00 bits per heavy atom. The summed E-state index contributed by atoms with van der Waals surface area (Å²) in [5.41, 5.74) is 3.43. The predicted octanol–water partition coefficient (Wildman–Crippen LogP) is 5.75. The fraction of sp³-hybridized carbons (Fsp3) is 0.100. The van der Waals surface area contributed by atoms with Crippen molar-refractivity contribution < 1.29 is 4.74 Å². The highest BCUT2D eigenvalue weighted by molar-refractivity contribution is 9.10. The molecule has 0 bridgehead atoms. The summed E-state index contributed by atoms with van der Waals surface area (Å²) in [5, 5.41) is 5.80. The second kappa shape index (κ2) is 5.74. The van der Waals surface area contributed by atoms with Crippen LogP contribution in [-0.4, -0.2) is 6.23 Å². The van der Waals surface area contributed by atoms with Crippen LogP contribution in [0.4, 0.5) is 5.69 Å². The van der Waals surface area contributed by atoms with E-state index in [1.807, 2.05) is 24.3 Å². The lowest BCUT2D eigenvalue weighted by Crippen LogP contribution is -2.26. The molecule has 23 heavy (non-hydrogen) atoms. The van der Waals surface area contributed by atoms with Crippen LogP contribution in [-0.2, 0) is 0 Å². The first kappa shape index (κ1) is 14.3. The second-order valence-electron chi connectivity index (χ2n) is 5.71. The van der Waals surface area contributed by atoms with Crippen LogP contribution in [0.3, 0.4) is 0 Å². The maximum atomic E-state index is 6.22. The molecule has 1 N–H and O–H groups in total. The monoisotopic (exact) mass is 365 g/mol. The molecule has 1 heterocycles. The summed E-state index contributed by atoms with van der Waals surface area (Å²) in [5.74, 6) is 0.948. The van der Waals surface area contributed by atoms with Gasteiger partial charge in [0.15, 0.2) is 6.23 Å². The quantitative estimate of drug-likeness (QED) is 0.623. The maximum absolute atomic E-state index is 6.22. The summed E-state index contributed by atoms with van der Waals surface area (Å²) >= 11 is 3.45. The van der Waals surface area contributed by atoms with Crippen molar-refractivity contribution >= 4 is 38.5 Å². The third-order valence-electron chi connectivity index (χ3n) is 4.08. The lowest BCUT2D eigenvalue weighted by molar-refractivity contribution is 0.277. The van der Waals surface area contributed by atoms with E-state index in [1.165, 1.54) is 10.9 Å². The Kier molecular flexibility index (Phi) is 3.58. The Morgan fingerprint density at radius 2 is 1.74 bits per heavy atom. The van der Waals surface area contributed by atoms with Gasteiger partial charge in [0.2, 0.25) is 0 Å². The van der Waals surface area contributed by atoms with Gasteiger partial charge in [0.05, 0.1) is 0 Å². The Morgan fingerprint density at radius 3 is 2.52 bits per heavy atom. The summed E-state index contributed by atoms with van der Waals surface area (Å²) in [6.45, 7) is 2.14. The zero-order valence-corrected chi connectivity index (χ0v) is 14.3. The van der Waals surface area contributed by atoms with Gasteiger partial charge < -0.3 is 10.1 Å². The molecule has 4 rings (SSSR count). The summed E-state index contributed by atoms with van der Waals surface area (Å²) in [6, 6.07) is 18.7. The molecule has 0 aromatic heterocycles. The van der Waals surface area contributed by atoms with Crippen LogP contribution in [0.2, 0.25) is 0 Å². The molecule has 0 spiro atoms. The lowest BCUT2D eigenvalue weighted by atomic mass is 9.99. The molecule has 1 unspecified atom stereocenters. The van der Waals surface area contributed by atoms with E-state index in [4.69, 9.17) is 4.74 Å². The Bertz CT molecular complexity index is 899. The van der Waals surface area contributed by atoms with Crippen LogP contribution >= 0.6 is 15.9 Å². The number of aryl methyl sites for hydroxylation is 1. The molecular weight excluding hydrogens is 350 g/mol. The standard InChI is InChI=1S/C20H16BrNO/c1-13-12-14-6-11-19(22-16-9-7-15(21)8-10-16)23-20(14)18-5-3-2-4-17(13)18/h2-12,19,22H,1H3. The minimum Gasteiger partial charge on any atom is -0.466 e. The average Bonchev–Trinajstić information content (AvgIpc) is 2.58. The van der Waals surface area contributed by atoms with Gasteiger partial charge in [-0.1, -0.05) is 40.2 Å². The minimum absolute atomic E-state index is 0.171. The molecule has 0 amide bonds. The van der Waals surface area contributed by atoms with Crippen LogP contribution in [0.25, 0.3) is 16.8 Å². The number of ether oxygens (including phenoxy) is 1. The number of nitrogens with one attached hydrogen (secondary N) is 1. The first-order chi connectivity index (χ1) is 11.2. The fourth-order valence-corrected chi connectivity index (χ4v) is 3.22. The van der Waals surface area contributed by atoms with E-state index in [0.29, 0.717) is 0 Å². The van der Waals surface area contributed by atoms with E-state index in [9.17, 15) is 0 Å². The topological polar surface area (TPSA) is 21.3 Å². The smallest absolute Gasteiger partial charge is 0.189 e. The molecule has 0 radical (unpaired) electrons. The molecule has 0 aliphatic carbocycles. The summed E-state index contributed by atoms with van der Waals surface area (Å²) in [6.07, 6.45) is 4.02. The highest BCUT2D eigenvalue weighted by Crippen LogP contribution is 2.36.